The number of esters is 2. The van der Waals surface area contributed by atoms with E-state index in [9.17, 15) is 14.2 Å². The van der Waals surface area contributed by atoms with Crippen LogP contribution in [0.15, 0.2) is 24.3 Å². The zero-order chi connectivity index (χ0) is 40.3. The van der Waals surface area contributed by atoms with Crippen LogP contribution in [0.3, 0.4) is 0 Å². The van der Waals surface area contributed by atoms with Crippen molar-refractivity contribution in [1.29, 1.82) is 0 Å². The van der Waals surface area contributed by atoms with Crippen molar-refractivity contribution in [2.24, 2.45) is 0 Å². The minimum Gasteiger partial charge on any atom is -0.462 e. The Morgan fingerprint density at radius 1 is 0.473 bits per heavy atom. The number of phosphoric ester groups is 1. The number of ether oxygens (including phenoxy) is 2. The van der Waals surface area contributed by atoms with Gasteiger partial charge in [-0.15, -0.1) is 0 Å². The zero-order valence-corrected chi connectivity index (χ0v) is 36.7. The molecule has 0 rings (SSSR count). The quantitative estimate of drug-likeness (QED) is 0.0271. The highest BCUT2D eigenvalue weighted by atomic mass is 31.2. The van der Waals surface area contributed by atoms with Crippen LogP contribution in [0.25, 0.3) is 0 Å². The van der Waals surface area contributed by atoms with Crippen LogP contribution in [0.5, 0.6) is 0 Å². The maximum atomic E-state index is 12.4. The van der Waals surface area contributed by atoms with Gasteiger partial charge >= 0.3 is 19.8 Å². The van der Waals surface area contributed by atoms with Gasteiger partial charge in [-0.1, -0.05) is 205 Å². The van der Waals surface area contributed by atoms with Crippen LogP contribution in [0.1, 0.15) is 239 Å². The molecule has 1 atom stereocenters. The van der Waals surface area contributed by atoms with Gasteiger partial charge in [0.25, 0.3) is 0 Å². The number of hydrogen-bond donors (Lipinski definition) is 2. The normalized spacial score (nSPS) is 12.6. The SMILES string of the molecule is CCCCCCC/C=C\C/C=C\CCCCCCCCCCCCCC(=O)OC(COC(=O)CCCCCCCCCCCCCCCC)COP(=O)(O)O. The molecule has 8 nitrogen and oxygen atoms in total. The van der Waals surface area contributed by atoms with E-state index in [4.69, 9.17) is 19.3 Å². The topological polar surface area (TPSA) is 119 Å². The fourth-order valence-electron chi connectivity index (χ4n) is 6.76. The summed E-state index contributed by atoms with van der Waals surface area (Å²) < 4.78 is 26.4. The number of carbonyl (C=O) groups excluding carboxylic acids is 2. The Balaban J connectivity index is 3.82. The first-order valence-corrected chi connectivity index (χ1v) is 24.7. The molecule has 0 spiro atoms. The summed E-state index contributed by atoms with van der Waals surface area (Å²) in [4.78, 5) is 42.9. The second kappa shape index (κ2) is 42.1. The van der Waals surface area contributed by atoms with Crippen molar-refractivity contribution in [2.75, 3.05) is 13.2 Å². The monoisotopic (exact) mass is 799 g/mol. The Morgan fingerprint density at radius 3 is 1.20 bits per heavy atom. The smallest absolute Gasteiger partial charge is 0.462 e. The number of phosphoric acid groups is 1. The molecule has 0 saturated heterocycles. The van der Waals surface area contributed by atoms with Crippen LogP contribution in [-0.4, -0.2) is 41.0 Å². The zero-order valence-electron chi connectivity index (χ0n) is 35.8. The van der Waals surface area contributed by atoms with E-state index < -0.39 is 32.5 Å². The molecule has 0 aliphatic heterocycles. The third-order valence-electron chi connectivity index (χ3n) is 10.2. The van der Waals surface area contributed by atoms with E-state index in [1.165, 1.54) is 161 Å². The lowest BCUT2D eigenvalue weighted by molar-refractivity contribution is -0.161. The van der Waals surface area contributed by atoms with Crippen LogP contribution < -0.4 is 0 Å². The fourth-order valence-corrected chi connectivity index (χ4v) is 7.12. The van der Waals surface area contributed by atoms with Gasteiger partial charge in [0.1, 0.15) is 6.61 Å². The number of hydrogen-bond acceptors (Lipinski definition) is 6. The van der Waals surface area contributed by atoms with Crippen molar-refractivity contribution in [1.82, 2.24) is 0 Å². The first-order valence-electron chi connectivity index (χ1n) is 23.1. The van der Waals surface area contributed by atoms with Gasteiger partial charge in [-0.25, -0.2) is 4.57 Å². The Kier molecular flexibility index (Phi) is 41.0. The van der Waals surface area contributed by atoms with E-state index in [1.807, 2.05) is 0 Å². The van der Waals surface area contributed by atoms with Crippen LogP contribution in [-0.2, 0) is 28.2 Å². The molecule has 0 aromatic heterocycles. The molecule has 0 amide bonds. The number of unbranched alkanes of at least 4 members (excludes halogenated alkanes) is 29. The summed E-state index contributed by atoms with van der Waals surface area (Å²) in [5.74, 6) is -0.875. The molecule has 0 aromatic rings. The number of allylic oxidation sites excluding steroid dienone is 4. The molecule has 0 radical (unpaired) electrons. The van der Waals surface area contributed by atoms with E-state index in [-0.39, 0.29) is 19.4 Å². The summed E-state index contributed by atoms with van der Waals surface area (Å²) in [7, 11) is -4.75. The minimum atomic E-state index is -4.75. The maximum Gasteiger partial charge on any atom is 0.469 e. The van der Waals surface area contributed by atoms with Crippen LogP contribution in [0, 0.1) is 0 Å². The average molecular weight is 799 g/mol. The fraction of sp³-hybridized carbons (Fsp3) is 0.870. The average Bonchev–Trinajstić information content (AvgIpc) is 3.16. The highest BCUT2D eigenvalue weighted by Gasteiger charge is 2.23. The first kappa shape index (κ1) is 53.5. The first-order chi connectivity index (χ1) is 26.8. The third-order valence-corrected chi connectivity index (χ3v) is 10.7. The van der Waals surface area contributed by atoms with Crippen molar-refractivity contribution in [2.45, 2.75) is 245 Å². The number of rotatable bonds is 43. The predicted octanol–water partition coefficient (Wildman–Crippen LogP) is 14.4. The molecule has 0 heterocycles. The van der Waals surface area contributed by atoms with Gasteiger partial charge in [0.15, 0.2) is 6.10 Å². The second-order valence-electron chi connectivity index (χ2n) is 15.7. The molecule has 0 fully saturated rings. The molecule has 1 unspecified atom stereocenters. The van der Waals surface area contributed by atoms with Gasteiger partial charge in [0.2, 0.25) is 0 Å². The Morgan fingerprint density at radius 2 is 0.818 bits per heavy atom. The van der Waals surface area contributed by atoms with E-state index in [0.29, 0.717) is 6.42 Å². The van der Waals surface area contributed by atoms with Gasteiger partial charge in [-0.2, -0.15) is 0 Å². The Labute approximate surface area is 339 Å². The molecule has 0 aliphatic carbocycles. The lowest BCUT2D eigenvalue weighted by atomic mass is 10.0. The Hall–Kier alpha value is -1.47. The van der Waals surface area contributed by atoms with Gasteiger partial charge in [-0.3, -0.25) is 14.1 Å². The Bertz CT molecular complexity index is 946. The number of carbonyl (C=O) groups is 2. The van der Waals surface area contributed by atoms with Crippen molar-refractivity contribution in [3.05, 3.63) is 24.3 Å². The summed E-state index contributed by atoms with van der Waals surface area (Å²) in [6.07, 6.45) is 49.0. The van der Waals surface area contributed by atoms with Gasteiger partial charge in [-0.05, 0) is 44.9 Å². The van der Waals surface area contributed by atoms with Gasteiger partial charge in [0.05, 0.1) is 6.61 Å². The largest absolute Gasteiger partial charge is 0.469 e. The highest BCUT2D eigenvalue weighted by Crippen LogP contribution is 2.36. The van der Waals surface area contributed by atoms with E-state index in [2.05, 4.69) is 42.7 Å². The molecule has 0 bridgehead atoms. The van der Waals surface area contributed by atoms with Crippen LogP contribution in [0.2, 0.25) is 0 Å². The predicted molar refractivity (Wildman–Crippen MR) is 230 cm³/mol. The van der Waals surface area contributed by atoms with E-state index >= 15 is 0 Å². The van der Waals surface area contributed by atoms with Crippen molar-refractivity contribution in [3.8, 4) is 0 Å². The molecule has 2 N–H and O–H groups in total. The molecular formula is C46H87O8P. The lowest BCUT2D eigenvalue weighted by Gasteiger charge is -2.18. The van der Waals surface area contributed by atoms with Gasteiger partial charge < -0.3 is 19.3 Å². The molecule has 324 valence electrons. The second-order valence-corrected chi connectivity index (χ2v) is 17.0. The highest BCUT2D eigenvalue weighted by molar-refractivity contribution is 7.46. The maximum absolute atomic E-state index is 12.4. The summed E-state index contributed by atoms with van der Waals surface area (Å²) in [5, 5.41) is 0. The summed E-state index contributed by atoms with van der Waals surface area (Å²) >= 11 is 0. The minimum absolute atomic E-state index is 0.213. The standard InChI is InChI=1S/C46H87O8P/c1-3-5-7-9-11-13-15-17-19-20-21-22-23-24-25-26-27-29-31-33-35-37-39-41-46(48)54-44(43-53-55(49,50)51)42-52-45(47)40-38-36-34-32-30-28-18-16-14-12-10-8-6-4-2/h15,17,20-21,44H,3-14,16,18-19,22-43H2,1-2H3,(H2,49,50,51)/b17-15-,21-20-. The molecular weight excluding hydrogens is 711 g/mol. The van der Waals surface area contributed by atoms with Crippen molar-refractivity contribution < 1.29 is 37.9 Å². The summed E-state index contributed by atoms with van der Waals surface area (Å²) in [6, 6.07) is 0. The van der Waals surface area contributed by atoms with E-state index in [1.54, 1.807) is 0 Å². The van der Waals surface area contributed by atoms with Crippen molar-refractivity contribution in [3.63, 3.8) is 0 Å². The molecule has 0 aliphatic rings. The van der Waals surface area contributed by atoms with E-state index in [0.717, 1.165) is 44.9 Å². The summed E-state index contributed by atoms with van der Waals surface area (Å²) in [6.45, 7) is 3.70. The van der Waals surface area contributed by atoms with Gasteiger partial charge in [0, 0.05) is 12.8 Å². The van der Waals surface area contributed by atoms with Crippen LogP contribution in [0.4, 0.5) is 0 Å². The molecule has 9 heteroatoms. The molecule has 0 saturated carbocycles. The lowest BCUT2D eigenvalue weighted by Crippen LogP contribution is -2.29. The van der Waals surface area contributed by atoms with Crippen LogP contribution >= 0.6 is 7.82 Å². The van der Waals surface area contributed by atoms with Crippen molar-refractivity contribution >= 4 is 19.8 Å². The molecule has 55 heavy (non-hydrogen) atoms. The third kappa shape index (κ3) is 45.1. The summed E-state index contributed by atoms with van der Waals surface area (Å²) in [5.41, 5.74) is 0. The molecule has 0 aromatic carbocycles.